The van der Waals surface area contributed by atoms with Crippen molar-refractivity contribution in [3.05, 3.63) is 142 Å². The fourth-order valence-electron chi connectivity index (χ4n) is 5.09. The highest BCUT2D eigenvalue weighted by atomic mass is 19.3. The minimum atomic E-state index is -3.09. The van der Waals surface area contributed by atoms with E-state index in [0.717, 1.165) is 11.1 Å². The summed E-state index contributed by atoms with van der Waals surface area (Å²) in [6, 6.07) is 31.2. The Morgan fingerprint density at radius 1 is 0.818 bits per heavy atom. The summed E-state index contributed by atoms with van der Waals surface area (Å²) in [6.45, 7) is 3.92. The van der Waals surface area contributed by atoms with Crippen LogP contribution in [0.1, 0.15) is 42.2 Å². The summed E-state index contributed by atoms with van der Waals surface area (Å²) in [4.78, 5) is 15.0. The van der Waals surface area contributed by atoms with Crippen molar-refractivity contribution in [3.8, 4) is 11.5 Å². The van der Waals surface area contributed by atoms with Crippen LogP contribution in [0, 0.1) is 0 Å². The fraction of sp³-hybridized carbons (Fsp3) is 0.250. The van der Waals surface area contributed by atoms with Gasteiger partial charge in [-0.25, -0.2) is 0 Å². The quantitative estimate of drug-likeness (QED) is 0.137. The predicted molar refractivity (Wildman–Crippen MR) is 168 cm³/mol. The molecule has 1 atom stereocenters. The van der Waals surface area contributed by atoms with Gasteiger partial charge in [-0.05, 0) is 61.2 Å². The maximum atomic E-state index is 14.5. The van der Waals surface area contributed by atoms with Crippen molar-refractivity contribution in [3.63, 3.8) is 0 Å². The Morgan fingerprint density at radius 2 is 1.50 bits per heavy atom. The zero-order chi connectivity index (χ0) is 31.2. The monoisotopic (exact) mass is 598 g/mol. The van der Waals surface area contributed by atoms with Crippen LogP contribution in [0.2, 0.25) is 0 Å². The number of pyridine rings is 1. The highest BCUT2D eigenvalue weighted by Crippen LogP contribution is 2.31. The number of alkyl halides is 2. The van der Waals surface area contributed by atoms with Gasteiger partial charge in [-0.1, -0.05) is 78.9 Å². The third-order valence-corrected chi connectivity index (χ3v) is 7.45. The first-order valence-electron chi connectivity index (χ1n) is 14.5. The van der Waals surface area contributed by atoms with Crippen LogP contribution in [0.3, 0.4) is 0 Å². The van der Waals surface area contributed by atoms with Gasteiger partial charge in [0.1, 0.15) is 18.1 Å². The SMILES string of the molecule is CC(C)(Cc1ccc(OCC(F)(F)c2ccccc2)cc1)NC[C@H](O)c1ccc(OCc2ccccc2)c2[nH]c(=O)ccc12. The molecule has 0 saturated carbocycles. The van der Waals surface area contributed by atoms with Gasteiger partial charge in [0, 0.05) is 29.1 Å². The lowest BCUT2D eigenvalue weighted by atomic mass is 9.94. The van der Waals surface area contributed by atoms with Gasteiger partial charge in [-0.3, -0.25) is 4.79 Å². The predicted octanol–water partition coefficient (Wildman–Crippen LogP) is 6.92. The van der Waals surface area contributed by atoms with Crippen LogP contribution in [-0.4, -0.2) is 28.8 Å². The molecule has 0 aliphatic heterocycles. The molecule has 0 saturated heterocycles. The van der Waals surface area contributed by atoms with Crippen molar-refractivity contribution < 1.29 is 23.4 Å². The number of hydrogen-bond donors (Lipinski definition) is 3. The Balaban J connectivity index is 1.19. The number of rotatable bonds is 13. The number of aromatic nitrogens is 1. The Labute approximate surface area is 255 Å². The zero-order valence-electron chi connectivity index (χ0n) is 24.7. The van der Waals surface area contributed by atoms with Crippen LogP contribution in [0.5, 0.6) is 11.5 Å². The van der Waals surface area contributed by atoms with E-state index in [2.05, 4.69) is 10.3 Å². The maximum absolute atomic E-state index is 14.5. The summed E-state index contributed by atoms with van der Waals surface area (Å²) in [7, 11) is 0. The Kier molecular flexibility index (Phi) is 9.42. The van der Waals surface area contributed by atoms with Crippen molar-refractivity contribution in [1.29, 1.82) is 0 Å². The fourth-order valence-corrected chi connectivity index (χ4v) is 5.09. The average Bonchev–Trinajstić information content (AvgIpc) is 3.03. The second-order valence-electron chi connectivity index (χ2n) is 11.5. The van der Waals surface area contributed by atoms with Gasteiger partial charge < -0.3 is 24.9 Å². The normalized spacial score (nSPS) is 12.7. The number of ether oxygens (including phenoxy) is 2. The highest BCUT2D eigenvalue weighted by Gasteiger charge is 2.32. The summed E-state index contributed by atoms with van der Waals surface area (Å²) in [6.07, 6.45) is -0.228. The minimum Gasteiger partial charge on any atom is -0.487 e. The molecule has 0 radical (unpaired) electrons. The molecule has 4 aromatic carbocycles. The Hall–Kier alpha value is -4.53. The van der Waals surface area contributed by atoms with E-state index in [4.69, 9.17) is 9.47 Å². The van der Waals surface area contributed by atoms with Crippen LogP contribution in [0.25, 0.3) is 10.9 Å². The zero-order valence-corrected chi connectivity index (χ0v) is 24.7. The van der Waals surface area contributed by atoms with Gasteiger partial charge in [-0.15, -0.1) is 0 Å². The second kappa shape index (κ2) is 13.4. The minimum absolute atomic E-state index is 0.0831. The molecular weight excluding hydrogens is 562 g/mol. The van der Waals surface area contributed by atoms with E-state index in [0.29, 0.717) is 41.0 Å². The smallest absolute Gasteiger partial charge is 0.306 e. The molecule has 3 N–H and O–H groups in total. The number of aliphatic hydroxyl groups excluding tert-OH is 1. The van der Waals surface area contributed by atoms with E-state index >= 15 is 0 Å². The van der Waals surface area contributed by atoms with Gasteiger partial charge in [0.05, 0.1) is 11.6 Å². The molecule has 0 aliphatic rings. The number of nitrogens with one attached hydrogen (secondary N) is 2. The molecule has 5 rings (SSSR count). The third-order valence-electron chi connectivity index (χ3n) is 7.45. The molecular formula is C36H36F2N2O4. The summed E-state index contributed by atoms with van der Waals surface area (Å²) in [5.74, 6) is -2.20. The first-order chi connectivity index (χ1) is 21.1. The molecule has 228 valence electrons. The van der Waals surface area contributed by atoms with Crippen molar-refractivity contribution in [2.45, 2.75) is 44.4 Å². The maximum Gasteiger partial charge on any atom is 0.306 e. The largest absolute Gasteiger partial charge is 0.487 e. The lowest BCUT2D eigenvalue weighted by molar-refractivity contribution is -0.0467. The first kappa shape index (κ1) is 30.9. The first-order valence-corrected chi connectivity index (χ1v) is 14.5. The number of benzene rings is 4. The summed E-state index contributed by atoms with van der Waals surface area (Å²) >= 11 is 0. The molecule has 0 aliphatic carbocycles. The van der Waals surface area contributed by atoms with Gasteiger partial charge >= 0.3 is 5.92 Å². The molecule has 1 aromatic heterocycles. The molecule has 0 spiro atoms. The number of halogens is 2. The molecule has 6 nitrogen and oxygen atoms in total. The standard InChI is InChI=1S/C36H36F2N2O4/c1-35(2,21-25-13-15-28(16-14-25)44-24-36(37,38)27-11-7-4-8-12-27)39-22-31(41)29-17-19-32(34-30(29)18-20-33(42)40-34)43-23-26-9-5-3-6-10-26/h3-20,31,39,41H,21-24H2,1-2H3,(H,40,42)/t31-/m0/s1. The number of H-pyrrole nitrogens is 1. The Morgan fingerprint density at radius 3 is 2.20 bits per heavy atom. The van der Waals surface area contributed by atoms with Crippen LogP contribution in [0.15, 0.2) is 114 Å². The van der Waals surface area contributed by atoms with Gasteiger partial charge in [0.25, 0.3) is 0 Å². The van der Waals surface area contributed by atoms with Crippen molar-refractivity contribution in [2.75, 3.05) is 13.2 Å². The van der Waals surface area contributed by atoms with Crippen molar-refractivity contribution in [1.82, 2.24) is 10.3 Å². The van der Waals surface area contributed by atoms with Crippen LogP contribution >= 0.6 is 0 Å². The number of aromatic amines is 1. The van der Waals surface area contributed by atoms with Crippen LogP contribution in [-0.2, 0) is 19.0 Å². The Bertz CT molecular complexity index is 1720. The van der Waals surface area contributed by atoms with Gasteiger partial charge in [-0.2, -0.15) is 8.78 Å². The van der Waals surface area contributed by atoms with E-state index in [-0.39, 0.29) is 17.7 Å². The lowest BCUT2D eigenvalue weighted by Gasteiger charge is -2.28. The lowest BCUT2D eigenvalue weighted by Crippen LogP contribution is -2.43. The molecule has 5 aromatic rings. The van der Waals surface area contributed by atoms with E-state index in [1.54, 1.807) is 42.5 Å². The van der Waals surface area contributed by atoms with E-state index in [1.165, 1.54) is 18.2 Å². The topological polar surface area (TPSA) is 83.6 Å². The highest BCUT2D eigenvalue weighted by molar-refractivity contribution is 5.87. The van der Waals surface area contributed by atoms with Gasteiger partial charge in [0.15, 0.2) is 6.61 Å². The van der Waals surface area contributed by atoms with Crippen molar-refractivity contribution >= 4 is 10.9 Å². The summed E-state index contributed by atoms with van der Waals surface area (Å²) in [5.41, 5.74) is 2.46. The van der Waals surface area contributed by atoms with Crippen molar-refractivity contribution in [2.24, 2.45) is 0 Å². The van der Waals surface area contributed by atoms with E-state index in [1.807, 2.05) is 62.4 Å². The van der Waals surface area contributed by atoms with E-state index < -0.39 is 24.2 Å². The number of fused-ring (bicyclic) bond motifs is 1. The molecule has 44 heavy (non-hydrogen) atoms. The number of aliphatic hydroxyl groups is 1. The number of hydrogen-bond acceptors (Lipinski definition) is 5. The van der Waals surface area contributed by atoms with Gasteiger partial charge in [0.2, 0.25) is 5.56 Å². The summed E-state index contributed by atoms with van der Waals surface area (Å²) < 4.78 is 40.3. The molecule has 0 bridgehead atoms. The van der Waals surface area contributed by atoms with E-state index in [9.17, 15) is 18.7 Å². The average molecular weight is 599 g/mol. The second-order valence-corrected chi connectivity index (χ2v) is 11.5. The third kappa shape index (κ3) is 7.89. The molecule has 8 heteroatoms. The molecule has 0 fully saturated rings. The van der Waals surface area contributed by atoms with Crippen LogP contribution in [0.4, 0.5) is 8.78 Å². The number of β-amino-alcohol motifs (C(OH)–C–C–N with tert-alkyl or cyclic N) is 1. The summed E-state index contributed by atoms with van der Waals surface area (Å²) in [5, 5.41) is 15.3. The molecule has 0 unspecified atom stereocenters. The van der Waals surface area contributed by atoms with Crippen LogP contribution < -0.4 is 20.3 Å². The molecule has 0 amide bonds. The molecule has 1 heterocycles.